The van der Waals surface area contributed by atoms with Crippen molar-refractivity contribution >= 4 is 17.3 Å². The van der Waals surface area contributed by atoms with Crippen LogP contribution in [0, 0.1) is 0 Å². The predicted octanol–water partition coefficient (Wildman–Crippen LogP) is 3.99. The van der Waals surface area contributed by atoms with Crippen molar-refractivity contribution in [3.63, 3.8) is 0 Å². The first-order valence-corrected chi connectivity index (χ1v) is 8.56. The Labute approximate surface area is 163 Å². The fourth-order valence-electron chi connectivity index (χ4n) is 3.80. The highest BCUT2D eigenvalue weighted by molar-refractivity contribution is 6.12. The molecule has 3 aromatic rings. The summed E-state index contributed by atoms with van der Waals surface area (Å²) >= 11 is 0. The first-order valence-electron chi connectivity index (χ1n) is 8.56. The number of alkyl halides is 3. The number of nitrogens with one attached hydrogen (secondary N) is 1. The number of benzene rings is 3. The number of carbonyl (C=O) groups is 1. The Balaban J connectivity index is 2.10. The lowest BCUT2D eigenvalue weighted by Gasteiger charge is -2.29. The molecule has 8 heteroatoms. The van der Waals surface area contributed by atoms with Gasteiger partial charge >= 0.3 is 6.18 Å². The molecule has 0 bridgehead atoms. The van der Waals surface area contributed by atoms with Gasteiger partial charge in [-0.25, -0.2) is 0 Å². The Hall–Kier alpha value is -3.68. The fraction of sp³-hybridized carbons (Fsp3) is 0.0952. The highest BCUT2D eigenvalue weighted by Crippen LogP contribution is 2.52. The van der Waals surface area contributed by atoms with Gasteiger partial charge in [-0.15, -0.1) is 0 Å². The van der Waals surface area contributed by atoms with Crippen LogP contribution in [0.15, 0.2) is 60.7 Å². The predicted molar refractivity (Wildman–Crippen MR) is 101 cm³/mol. The molecule has 29 heavy (non-hydrogen) atoms. The Kier molecular flexibility index (Phi) is 3.97. The van der Waals surface area contributed by atoms with Gasteiger partial charge in [0.2, 0.25) is 5.91 Å². The third-order valence-corrected chi connectivity index (χ3v) is 5.11. The summed E-state index contributed by atoms with van der Waals surface area (Å²) in [5, 5.41) is 21.8. The molecule has 0 aromatic heterocycles. The van der Waals surface area contributed by atoms with Crippen LogP contribution in [0.2, 0.25) is 0 Å². The number of para-hydroxylation sites is 1. The molecule has 0 radical (unpaired) electrons. The van der Waals surface area contributed by atoms with Crippen LogP contribution in [0.1, 0.15) is 22.3 Å². The van der Waals surface area contributed by atoms with Crippen molar-refractivity contribution in [2.24, 2.45) is 0 Å². The Morgan fingerprint density at radius 1 is 0.931 bits per heavy atom. The van der Waals surface area contributed by atoms with Gasteiger partial charge in [-0.3, -0.25) is 4.79 Å². The second-order valence-corrected chi connectivity index (χ2v) is 6.75. The molecule has 1 aliphatic rings. The molecule has 148 valence electrons. The number of fused-ring (bicyclic) bond motifs is 1. The molecule has 1 unspecified atom stereocenters. The molecule has 0 fully saturated rings. The summed E-state index contributed by atoms with van der Waals surface area (Å²) in [5.74, 6) is -0.964. The summed E-state index contributed by atoms with van der Waals surface area (Å²) in [6.07, 6.45) is -4.67. The standard InChI is InChI=1S/C21H15F3N2O3/c22-21(23,24)15-3-1-2-14-18(15)26-19(29)20(14,11-4-7-13(27)8-5-11)12-6-9-17(28)16(25)10-12/h1-10,27-28H,25H2,(H,26,29). The summed E-state index contributed by atoms with van der Waals surface area (Å²) in [5.41, 5.74) is 3.59. The van der Waals surface area contributed by atoms with Gasteiger partial charge in [0.1, 0.15) is 16.9 Å². The zero-order chi connectivity index (χ0) is 21.0. The topological polar surface area (TPSA) is 95.6 Å². The number of anilines is 2. The van der Waals surface area contributed by atoms with E-state index < -0.39 is 23.1 Å². The summed E-state index contributed by atoms with van der Waals surface area (Å²) in [6, 6.07) is 13.3. The average molecular weight is 400 g/mol. The molecule has 1 aliphatic heterocycles. The maximum absolute atomic E-state index is 13.6. The Morgan fingerprint density at radius 2 is 1.59 bits per heavy atom. The van der Waals surface area contributed by atoms with E-state index in [1.807, 2.05) is 0 Å². The van der Waals surface area contributed by atoms with Crippen LogP contribution >= 0.6 is 0 Å². The highest BCUT2D eigenvalue weighted by Gasteiger charge is 2.52. The normalized spacial score (nSPS) is 18.4. The molecule has 0 spiro atoms. The van der Waals surface area contributed by atoms with Gasteiger partial charge in [-0.1, -0.05) is 30.3 Å². The minimum absolute atomic E-state index is 0.0196. The molecule has 5 nitrogen and oxygen atoms in total. The number of nitrogens with two attached hydrogens (primary N) is 1. The van der Waals surface area contributed by atoms with Crippen LogP contribution in [0.25, 0.3) is 0 Å². The van der Waals surface area contributed by atoms with E-state index in [2.05, 4.69) is 5.32 Å². The van der Waals surface area contributed by atoms with E-state index in [1.54, 1.807) is 0 Å². The molecule has 4 rings (SSSR count). The van der Waals surface area contributed by atoms with E-state index in [9.17, 15) is 28.2 Å². The molecule has 0 saturated heterocycles. The average Bonchev–Trinajstić information content (AvgIpc) is 2.96. The summed E-state index contributed by atoms with van der Waals surface area (Å²) in [6.45, 7) is 0. The van der Waals surface area contributed by atoms with Crippen molar-refractivity contribution in [1.82, 2.24) is 0 Å². The van der Waals surface area contributed by atoms with Crippen LogP contribution in [0.3, 0.4) is 0 Å². The fourth-order valence-corrected chi connectivity index (χ4v) is 3.80. The van der Waals surface area contributed by atoms with Gasteiger partial charge in [0.05, 0.1) is 16.9 Å². The minimum atomic E-state index is -4.67. The van der Waals surface area contributed by atoms with Crippen LogP contribution in [0.5, 0.6) is 11.5 Å². The first kappa shape index (κ1) is 18.7. The van der Waals surface area contributed by atoms with E-state index in [4.69, 9.17) is 5.73 Å². The quantitative estimate of drug-likeness (QED) is 0.386. The Morgan fingerprint density at radius 3 is 2.21 bits per heavy atom. The van der Waals surface area contributed by atoms with Gasteiger partial charge in [-0.2, -0.15) is 13.2 Å². The first-order chi connectivity index (χ1) is 13.7. The minimum Gasteiger partial charge on any atom is -0.508 e. The lowest BCUT2D eigenvalue weighted by molar-refractivity contribution is -0.136. The number of hydrogen-bond acceptors (Lipinski definition) is 4. The van der Waals surface area contributed by atoms with E-state index in [0.29, 0.717) is 5.56 Å². The largest absolute Gasteiger partial charge is 0.508 e. The third kappa shape index (κ3) is 2.67. The van der Waals surface area contributed by atoms with Crippen molar-refractivity contribution < 1.29 is 28.2 Å². The molecule has 0 aliphatic carbocycles. The van der Waals surface area contributed by atoms with Crippen LogP contribution < -0.4 is 11.1 Å². The van der Waals surface area contributed by atoms with Gasteiger partial charge in [0.25, 0.3) is 0 Å². The van der Waals surface area contributed by atoms with Gasteiger partial charge in [0.15, 0.2) is 0 Å². The third-order valence-electron chi connectivity index (χ3n) is 5.11. The molecular formula is C21H15F3N2O3. The van der Waals surface area contributed by atoms with Crippen molar-refractivity contribution in [1.29, 1.82) is 0 Å². The molecule has 1 amide bonds. The zero-order valence-electron chi connectivity index (χ0n) is 14.8. The molecule has 5 N–H and O–H groups in total. The van der Waals surface area contributed by atoms with E-state index in [-0.39, 0.29) is 34.0 Å². The van der Waals surface area contributed by atoms with E-state index in [0.717, 1.165) is 6.07 Å². The Bertz CT molecular complexity index is 1130. The van der Waals surface area contributed by atoms with Gasteiger partial charge in [0, 0.05) is 5.56 Å². The van der Waals surface area contributed by atoms with Crippen molar-refractivity contribution in [3.8, 4) is 11.5 Å². The van der Waals surface area contributed by atoms with Gasteiger partial charge < -0.3 is 21.3 Å². The number of phenols is 2. The number of rotatable bonds is 2. The lowest BCUT2D eigenvalue weighted by Crippen LogP contribution is -2.37. The van der Waals surface area contributed by atoms with E-state index >= 15 is 0 Å². The zero-order valence-corrected chi connectivity index (χ0v) is 14.8. The van der Waals surface area contributed by atoms with Crippen LogP contribution in [-0.2, 0) is 16.4 Å². The lowest BCUT2D eigenvalue weighted by atomic mass is 9.70. The molecular weight excluding hydrogens is 385 g/mol. The van der Waals surface area contributed by atoms with Crippen molar-refractivity contribution in [2.75, 3.05) is 11.1 Å². The van der Waals surface area contributed by atoms with E-state index in [1.165, 1.54) is 54.6 Å². The number of halogens is 3. The monoisotopic (exact) mass is 400 g/mol. The van der Waals surface area contributed by atoms with Crippen LogP contribution in [-0.4, -0.2) is 16.1 Å². The maximum atomic E-state index is 13.6. The number of aromatic hydroxyl groups is 2. The number of phenolic OH excluding ortho intramolecular Hbond substituents is 2. The number of nitrogen functional groups attached to an aromatic ring is 1. The molecule has 3 aromatic carbocycles. The number of carbonyl (C=O) groups excluding carboxylic acids is 1. The van der Waals surface area contributed by atoms with Crippen LogP contribution in [0.4, 0.5) is 24.5 Å². The SMILES string of the molecule is Nc1cc(C2(c3ccc(O)cc3)C(=O)Nc3c(C(F)(F)F)cccc32)ccc1O. The summed E-state index contributed by atoms with van der Waals surface area (Å²) in [7, 11) is 0. The molecule has 0 saturated carbocycles. The van der Waals surface area contributed by atoms with Crippen molar-refractivity contribution in [2.45, 2.75) is 11.6 Å². The molecule has 1 atom stereocenters. The molecule has 1 heterocycles. The highest BCUT2D eigenvalue weighted by atomic mass is 19.4. The number of amides is 1. The second-order valence-electron chi connectivity index (χ2n) is 6.75. The maximum Gasteiger partial charge on any atom is 0.418 e. The van der Waals surface area contributed by atoms with Crippen molar-refractivity contribution in [3.05, 3.63) is 82.9 Å². The number of hydrogen-bond donors (Lipinski definition) is 4. The summed E-state index contributed by atoms with van der Waals surface area (Å²) in [4.78, 5) is 13.3. The summed E-state index contributed by atoms with van der Waals surface area (Å²) < 4.78 is 40.7. The smallest absolute Gasteiger partial charge is 0.418 e. The van der Waals surface area contributed by atoms with Gasteiger partial charge in [-0.05, 0) is 41.5 Å². The second kappa shape index (κ2) is 6.16.